The Hall–Kier alpha value is -3.12. The highest BCUT2D eigenvalue weighted by atomic mass is 14.1. The van der Waals surface area contributed by atoms with Gasteiger partial charge in [0, 0.05) is 0 Å². The number of hydrogen-bond acceptors (Lipinski definition) is 0. The fourth-order valence-electron chi connectivity index (χ4n) is 2.77. The predicted octanol–water partition coefficient (Wildman–Crippen LogP) is 6.81. The molecule has 0 amide bonds. The molecule has 5 aromatic rings. The van der Waals surface area contributed by atoms with Crippen molar-refractivity contribution in [3.63, 3.8) is 0 Å². The lowest BCUT2D eigenvalue weighted by Crippen LogP contribution is -1.87. The van der Waals surface area contributed by atoms with E-state index in [2.05, 4.69) is 0 Å². The first-order chi connectivity index (χ1) is 18.1. The fourth-order valence-corrected chi connectivity index (χ4v) is 2.77. The van der Waals surface area contributed by atoms with Crippen LogP contribution in [0.3, 0.4) is 0 Å². The maximum absolute atomic E-state index is 8.79. The Balaban J connectivity index is 2.30. The van der Waals surface area contributed by atoms with Gasteiger partial charge < -0.3 is 0 Å². The van der Waals surface area contributed by atoms with Crippen LogP contribution in [-0.4, -0.2) is 0 Å². The van der Waals surface area contributed by atoms with Gasteiger partial charge in [-0.2, -0.15) is 0 Å². The molecule has 0 aliphatic rings. The maximum atomic E-state index is 8.79. The Morgan fingerprint density at radius 2 is 0.958 bits per heavy atom. The molecule has 0 aliphatic carbocycles. The molecule has 0 aromatic heterocycles. The van der Waals surface area contributed by atoms with Crippen molar-refractivity contribution in [2.75, 3.05) is 0 Å². The van der Waals surface area contributed by atoms with Crippen LogP contribution >= 0.6 is 0 Å². The highest BCUT2D eigenvalue weighted by molar-refractivity contribution is 6.16. The molecule has 0 fully saturated rings. The van der Waals surface area contributed by atoms with Gasteiger partial charge in [-0.3, -0.25) is 0 Å². The molecule has 0 bridgehead atoms. The lowest BCUT2D eigenvalue weighted by atomic mass is 9.89. The molecule has 112 valence electrons. The normalized spacial score (nSPS) is 20.1. The van der Waals surface area contributed by atoms with Crippen LogP contribution in [0.5, 0.6) is 0 Å². The summed E-state index contributed by atoms with van der Waals surface area (Å²) in [4.78, 5) is 0. The highest BCUT2D eigenvalue weighted by Crippen LogP contribution is 2.39. The first kappa shape index (κ1) is 5.19. The van der Waals surface area contributed by atoms with E-state index >= 15 is 0 Å². The van der Waals surface area contributed by atoms with Crippen LogP contribution in [-0.2, 0) is 0 Å². The lowest BCUT2D eigenvalue weighted by molar-refractivity contribution is 1.70. The van der Waals surface area contributed by atoms with E-state index < -0.39 is 102 Å². The van der Waals surface area contributed by atoms with Gasteiger partial charge in [0.2, 0.25) is 0 Å². The fraction of sp³-hybridized carbons (Fsp3) is 0. The van der Waals surface area contributed by atoms with Gasteiger partial charge in [-0.25, -0.2) is 0 Å². The molecular weight excluding hydrogens is 288 g/mol. The molecule has 0 unspecified atom stereocenters. The van der Waals surface area contributed by atoms with E-state index in [4.69, 9.17) is 20.6 Å². The smallest absolute Gasteiger partial charge is 0.0616 e. The maximum Gasteiger partial charge on any atom is 0.0629 e. The Morgan fingerprint density at radius 3 is 1.62 bits per heavy atom. The third-order valence-electron chi connectivity index (χ3n) is 3.78. The van der Waals surface area contributed by atoms with E-state index in [0.717, 1.165) is 0 Å². The van der Waals surface area contributed by atoms with Crippen molar-refractivity contribution in [1.82, 2.24) is 0 Å². The second-order valence-corrected chi connectivity index (χ2v) is 5.10. The predicted molar refractivity (Wildman–Crippen MR) is 104 cm³/mol. The van der Waals surface area contributed by atoms with Crippen LogP contribution in [0, 0.1) is 0 Å². The molecule has 0 aliphatic heterocycles. The van der Waals surface area contributed by atoms with Crippen LogP contribution in [0.25, 0.3) is 43.4 Å². The van der Waals surface area contributed by atoms with Gasteiger partial charge >= 0.3 is 0 Å². The van der Waals surface area contributed by atoms with Crippen LogP contribution in [0.2, 0.25) is 0 Å². The van der Waals surface area contributed by atoms with Crippen molar-refractivity contribution < 1.29 is 20.6 Å². The molecule has 0 saturated heterocycles. The zero-order valence-corrected chi connectivity index (χ0v) is 12.1. The summed E-state index contributed by atoms with van der Waals surface area (Å²) >= 11 is 0. The van der Waals surface area contributed by atoms with Crippen molar-refractivity contribution in [1.29, 1.82) is 0 Å². The summed E-state index contributed by atoms with van der Waals surface area (Å²) in [6.07, 6.45) is 0. The average molecular weight is 319 g/mol. The molecule has 0 saturated carbocycles. The quantitative estimate of drug-likeness (QED) is 0.298. The molecular formula is C24H16. The molecule has 5 aromatic carbocycles. The van der Waals surface area contributed by atoms with E-state index in [1.54, 1.807) is 0 Å². The molecule has 0 nitrogen and oxygen atoms in total. The summed E-state index contributed by atoms with van der Waals surface area (Å²) in [7, 11) is 0. The topological polar surface area (TPSA) is 0 Å². The van der Waals surface area contributed by atoms with E-state index in [1.807, 2.05) is 0 Å². The lowest BCUT2D eigenvalue weighted by Gasteiger charge is -2.14. The number of benzene rings is 5. The number of rotatable bonds is 1. The second kappa shape index (κ2) is 5.21. The molecule has 24 heavy (non-hydrogen) atoms. The van der Waals surface area contributed by atoms with Gasteiger partial charge in [0.15, 0.2) is 0 Å². The minimum absolute atomic E-state index is 0.150. The minimum atomic E-state index is -0.727. The molecule has 0 N–H and O–H groups in total. The summed E-state index contributed by atoms with van der Waals surface area (Å²) in [6, 6.07) is -8.43. The molecule has 0 spiro atoms. The van der Waals surface area contributed by atoms with Crippen LogP contribution in [0.1, 0.15) is 20.6 Å². The first-order valence-corrected chi connectivity index (χ1v) is 7.08. The van der Waals surface area contributed by atoms with Crippen molar-refractivity contribution in [3.05, 3.63) is 96.7 Å². The molecule has 0 heteroatoms. The highest BCUT2D eigenvalue weighted by Gasteiger charge is 2.11. The number of fused-ring (bicyclic) bond motifs is 3. The van der Waals surface area contributed by atoms with Crippen LogP contribution in [0.4, 0.5) is 0 Å². The Morgan fingerprint density at radius 1 is 0.458 bits per heavy atom. The molecule has 0 radical (unpaired) electrons. The average Bonchev–Trinajstić information content (AvgIpc) is 2.92. The Kier molecular flexibility index (Phi) is 1.13. The molecule has 0 atom stereocenters. The zero-order valence-electron chi connectivity index (χ0n) is 27.1. The van der Waals surface area contributed by atoms with Crippen molar-refractivity contribution in [3.8, 4) is 11.1 Å². The van der Waals surface area contributed by atoms with Crippen molar-refractivity contribution in [2.24, 2.45) is 0 Å². The summed E-state index contributed by atoms with van der Waals surface area (Å²) in [6.45, 7) is 0. The van der Waals surface area contributed by atoms with E-state index in [1.165, 1.54) is 6.07 Å². The summed E-state index contributed by atoms with van der Waals surface area (Å²) < 4.78 is 126. The van der Waals surface area contributed by atoms with Crippen LogP contribution < -0.4 is 0 Å². The van der Waals surface area contributed by atoms with Gasteiger partial charge in [-0.15, -0.1) is 0 Å². The SMILES string of the molecule is [2H]c1c([2H])c([2H])c2c(-c3c([2H])c([2H])c([2H])c4c([2H])c([2H])c([2H])c([2H])c34)c3c([2H])c([2H])c([2H])c([2H])c3cc2c1[2H]. The van der Waals surface area contributed by atoms with E-state index in [9.17, 15) is 0 Å². The Bertz CT molecular complexity index is 1870. The zero-order chi connectivity index (χ0) is 29.0. The minimum Gasteiger partial charge on any atom is -0.0616 e. The van der Waals surface area contributed by atoms with Crippen molar-refractivity contribution in [2.45, 2.75) is 0 Å². The van der Waals surface area contributed by atoms with Gasteiger partial charge in [-0.1, -0.05) is 90.6 Å². The standard InChI is InChI=1S/C24H16/c1-4-12-20-17(8-1)11-7-15-23(20)24-21-13-5-2-9-18(21)16-19-10-3-6-14-22(19)24/h1-16H/i1D,2D,3D,4D,5D,6D,7D,8D,9D,10D,11D,12D,13D,14D,15D. The molecule has 0 heterocycles. The number of hydrogen-bond donors (Lipinski definition) is 0. The monoisotopic (exact) mass is 319 g/mol. The van der Waals surface area contributed by atoms with Crippen molar-refractivity contribution >= 4 is 32.3 Å². The summed E-state index contributed by atoms with van der Waals surface area (Å²) in [5, 5.41) is -1.58. The molecule has 5 rings (SSSR count). The van der Waals surface area contributed by atoms with Gasteiger partial charge in [0.25, 0.3) is 0 Å². The van der Waals surface area contributed by atoms with E-state index in [-0.39, 0.29) is 32.5 Å². The largest absolute Gasteiger partial charge is 0.0629 e. The second-order valence-electron chi connectivity index (χ2n) is 5.10. The summed E-state index contributed by atoms with van der Waals surface area (Å²) in [5.41, 5.74) is -0.710. The van der Waals surface area contributed by atoms with Gasteiger partial charge in [0.1, 0.15) is 0 Å². The van der Waals surface area contributed by atoms with Crippen LogP contribution in [0.15, 0.2) is 96.7 Å². The van der Waals surface area contributed by atoms with Gasteiger partial charge in [-0.05, 0) is 49.5 Å². The summed E-state index contributed by atoms with van der Waals surface area (Å²) in [5.74, 6) is 0. The van der Waals surface area contributed by atoms with Gasteiger partial charge in [0.05, 0.1) is 20.6 Å². The van der Waals surface area contributed by atoms with E-state index in [0.29, 0.717) is 0 Å². The third kappa shape index (κ3) is 1.93. The Labute approximate surface area is 162 Å². The first-order valence-electron chi connectivity index (χ1n) is 14.6. The third-order valence-corrected chi connectivity index (χ3v) is 3.78.